The van der Waals surface area contributed by atoms with E-state index in [4.69, 9.17) is 14.2 Å². The fourth-order valence-corrected chi connectivity index (χ4v) is 3.14. The van der Waals surface area contributed by atoms with E-state index in [2.05, 4.69) is 5.32 Å². The second-order valence-corrected chi connectivity index (χ2v) is 6.94. The van der Waals surface area contributed by atoms with Crippen LogP contribution in [0.3, 0.4) is 0 Å². The molecule has 3 aromatic carbocycles. The number of para-hydroxylation sites is 1. The van der Waals surface area contributed by atoms with Gasteiger partial charge in [0, 0.05) is 11.3 Å². The molecular weight excluding hydrogens is 422 g/mol. The quantitative estimate of drug-likeness (QED) is 0.477. The lowest BCUT2D eigenvalue weighted by Crippen LogP contribution is -2.21. The van der Waals surface area contributed by atoms with Crippen LogP contribution < -0.4 is 10.1 Å². The summed E-state index contributed by atoms with van der Waals surface area (Å²) in [7, 11) is 0. The van der Waals surface area contributed by atoms with Crippen LogP contribution in [-0.4, -0.2) is 37.7 Å². The summed E-state index contributed by atoms with van der Waals surface area (Å²) in [6.07, 6.45) is 0. The van der Waals surface area contributed by atoms with Crippen LogP contribution in [0.2, 0.25) is 0 Å². The van der Waals surface area contributed by atoms with Crippen LogP contribution in [0.4, 0.5) is 5.69 Å². The highest BCUT2D eigenvalue weighted by molar-refractivity contribution is 5.97. The molecule has 0 atom stereocenters. The molecule has 0 aliphatic carbocycles. The highest BCUT2D eigenvalue weighted by Crippen LogP contribution is 2.27. The molecule has 7 nitrogen and oxygen atoms in total. The lowest BCUT2D eigenvalue weighted by atomic mass is 10.0. The number of anilines is 1. The Labute approximate surface area is 192 Å². The molecule has 0 radical (unpaired) electrons. The van der Waals surface area contributed by atoms with Gasteiger partial charge in [-0.3, -0.25) is 4.79 Å². The first-order valence-corrected chi connectivity index (χ1v) is 10.6. The first-order valence-electron chi connectivity index (χ1n) is 10.6. The van der Waals surface area contributed by atoms with Gasteiger partial charge in [-0.25, -0.2) is 9.59 Å². The average Bonchev–Trinajstić information content (AvgIpc) is 2.84. The molecule has 7 heteroatoms. The molecule has 0 fully saturated rings. The Hall–Kier alpha value is -4.13. The van der Waals surface area contributed by atoms with Crippen molar-refractivity contribution in [2.24, 2.45) is 0 Å². The Bertz CT molecular complexity index is 1090. The molecule has 0 saturated carbocycles. The van der Waals surface area contributed by atoms with Gasteiger partial charge in [0.05, 0.1) is 24.3 Å². The number of esters is 2. The van der Waals surface area contributed by atoms with Gasteiger partial charge in [0.2, 0.25) is 0 Å². The number of hydrogen-bond acceptors (Lipinski definition) is 6. The predicted molar refractivity (Wildman–Crippen MR) is 124 cm³/mol. The summed E-state index contributed by atoms with van der Waals surface area (Å²) in [5.41, 5.74) is 2.75. The van der Waals surface area contributed by atoms with E-state index in [0.29, 0.717) is 5.69 Å². The number of nitrogens with one attached hydrogen (secondary N) is 1. The van der Waals surface area contributed by atoms with E-state index in [9.17, 15) is 14.4 Å². The van der Waals surface area contributed by atoms with E-state index in [1.165, 1.54) is 18.2 Å². The maximum Gasteiger partial charge on any atom is 0.338 e. The topological polar surface area (TPSA) is 90.9 Å². The lowest BCUT2D eigenvalue weighted by molar-refractivity contribution is -0.118. The van der Waals surface area contributed by atoms with Gasteiger partial charge in [0.15, 0.2) is 6.61 Å². The Morgan fingerprint density at radius 1 is 0.758 bits per heavy atom. The Kier molecular flexibility index (Phi) is 8.18. The molecule has 0 aliphatic rings. The third-order valence-corrected chi connectivity index (χ3v) is 4.58. The maximum absolute atomic E-state index is 12.6. The molecule has 0 aliphatic heterocycles. The summed E-state index contributed by atoms with van der Waals surface area (Å²) >= 11 is 0. The standard InChI is InChI=1S/C26H25NO6/c1-3-31-25(29)19-14-20(26(30)32-4-2)16-21(15-19)33-17-24(28)27-23-13-9-8-12-22(23)18-10-6-5-7-11-18/h5-16H,3-4,17H2,1-2H3,(H,27,28). The number of carbonyl (C=O) groups excluding carboxylic acids is 3. The van der Waals surface area contributed by atoms with Crippen molar-refractivity contribution in [2.75, 3.05) is 25.1 Å². The lowest BCUT2D eigenvalue weighted by Gasteiger charge is -2.13. The second kappa shape index (κ2) is 11.5. The molecular formula is C26H25NO6. The molecule has 0 aromatic heterocycles. The number of amides is 1. The molecule has 3 aromatic rings. The van der Waals surface area contributed by atoms with Gasteiger partial charge in [-0.05, 0) is 43.7 Å². The largest absolute Gasteiger partial charge is 0.484 e. The van der Waals surface area contributed by atoms with Crippen LogP contribution in [0.1, 0.15) is 34.6 Å². The number of rotatable bonds is 9. The van der Waals surface area contributed by atoms with Crippen molar-refractivity contribution in [3.05, 3.63) is 83.9 Å². The zero-order valence-corrected chi connectivity index (χ0v) is 18.5. The Morgan fingerprint density at radius 2 is 1.33 bits per heavy atom. The summed E-state index contributed by atoms with van der Waals surface area (Å²) in [6.45, 7) is 3.41. The number of carbonyl (C=O) groups is 3. The summed E-state index contributed by atoms with van der Waals surface area (Å²) < 4.78 is 15.6. The van der Waals surface area contributed by atoms with Gasteiger partial charge in [-0.2, -0.15) is 0 Å². The summed E-state index contributed by atoms with van der Waals surface area (Å²) in [4.78, 5) is 36.9. The van der Waals surface area contributed by atoms with Crippen molar-refractivity contribution in [3.63, 3.8) is 0 Å². The van der Waals surface area contributed by atoms with Gasteiger partial charge >= 0.3 is 11.9 Å². The molecule has 0 unspecified atom stereocenters. The van der Waals surface area contributed by atoms with Gasteiger partial charge in [-0.1, -0.05) is 48.5 Å². The summed E-state index contributed by atoms with van der Waals surface area (Å²) in [5.74, 6) is -1.42. The van der Waals surface area contributed by atoms with Crippen LogP contribution >= 0.6 is 0 Å². The van der Waals surface area contributed by atoms with Crippen LogP contribution in [0.15, 0.2) is 72.8 Å². The summed E-state index contributed by atoms with van der Waals surface area (Å²) in [5, 5.41) is 2.85. The molecule has 33 heavy (non-hydrogen) atoms. The number of hydrogen-bond donors (Lipinski definition) is 1. The van der Waals surface area contributed by atoms with E-state index in [1.807, 2.05) is 48.5 Å². The SMILES string of the molecule is CCOC(=O)c1cc(OCC(=O)Nc2ccccc2-c2ccccc2)cc(C(=O)OCC)c1. The van der Waals surface area contributed by atoms with Crippen LogP contribution in [-0.2, 0) is 14.3 Å². The molecule has 1 amide bonds. The molecule has 0 heterocycles. The molecule has 0 spiro atoms. The van der Waals surface area contributed by atoms with Crippen molar-refractivity contribution in [3.8, 4) is 16.9 Å². The van der Waals surface area contributed by atoms with Gasteiger partial charge in [0.25, 0.3) is 5.91 Å². The first-order chi connectivity index (χ1) is 16.0. The molecule has 170 valence electrons. The van der Waals surface area contributed by atoms with Crippen molar-refractivity contribution in [1.29, 1.82) is 0 Å². The normalized spacial score (nSPS) is 10.2. The van der Waals surface area contributed by atoms with Gasteiger partial charge in [0.1, 0.15) is 5.75 Å². The van der Waals surface area contributed by atoms with Crippen molar-refractivity contribution >= 4 is 23.5 Å². The molecule has 0 saturated heterocycles. The third kappa shape index (κ3) is 6.43. The molecule has 0 bridgehead atoms. The minimum Gasteiger partial charge on any atom is -0.484 e. The van der Waals surface area contributed by atoms with E-state index >= 15 is 0 Å². The van der Waals surface area contributed by atoms with Crippen LogP contribution in [0.5, 0.6) is 5.75 Å². The smallest absolute Gasteiger partial charge is 0.338 e. The van der Waals surface area contributed by atoms with Crippen molar-refractivity contribution in [2.45, 2.75) is 13.8 Å². The van der Waals surface area contributed by atoms with Gasteiger partial charge in [-0.15, -0.1) is 0 Å². The minimum atomic E-state index is -0.602. The molecule has 3 rings (SSSR count). The third-order valence-electron chi connectivity index (χ3n) is 4.58. The van der Waals surface area contributed by atoms with E-state index in [-0.39, 0.29) is 36.7 Å². The first kappa shape index (κ1) is 23.5. The Balaban J connectivity index is 1.75. The minimum absolute atomic E-state index is 0.132. The van der Waals surface area contributed by atoms with Crippen molar-refractivity contribution < 1.29 is 28.6 Å². The van der Waals surface area contributed by atoms with Crippen LogP contribution in [0.25, 0.3) is 11.1 Å². The maximum atomic E-state index is 12.6. The number of ether oxygens (including phenoxy) is 3. The monoisotopic (exact) mass is 447 g/mol. The fraction of sp³-hybridized carbons (Fsp3) is 0.192. The highest BCUT2D eigenvalue weighted by Gasteiger charge is 2.16. The Morgan fingerprint density at radius 3 is 1.94 bits per heavy atom. The summed E-state index contributed by atoms with van der Waals surface area (Å²) in [6, 6.07) is 21.4. The van der Waals surface area contributed by atoms with Crippen molar-refractivity contribution in [1.82, 2.24) is 0 Å². The van der Waals surface area contributed by atoms with Gasteiger partial charge < -0.3 is 19.5 Å². The zero-order chi connectivity index (χ0) is 23.6. The average molecular weight is 447 g/mol. The van der Waals surface area contributed by atoms with Crippen LogP contribution in [0, 0.1) is 0 Å². The zero-order valence-electron chi connectivity index (χ0n) is 18.5. The number of benzene rings is 3. The fourth-order valence-electron chi connectivity index (χ4n) is 3.14. The van der Waals surface area contributed by atoms with E-state index < -0.39 is 17.8 Å². The van der Waals surface area contributed by atoms with E-state index in [0.717, 1.165) is 11.1 Å². The second-order valence-electron chi connectivity index (χ2n) is 6.94. The highest BCUT2D eigenvalue weighted by atomic mass is 16.5. The predicted octanol–water partition coefficient (Wildman–Crippen LogP) is 4.72. The van der Waals surface area contributed by atoms with E-state index in [1.54, 1.807) is 19.9 Å². The molecule has 1 N–H and O–H groups in total.